The zero-order valence-corrected chi connectivity index (χ0v) is 31.2. The van der Waals surface area contributed by atoms with E-state index >= 15 is 0 Å². The lowest BCUT2D eigenvalue weighted by atomic mass is 10.1. The van der Waals surface area contributed by atoms with Gasteiger partial charge >= 0.3 is 25.7 Å². The molecule has 3 atom stereocenters. The second-order valence-electron chi connectivity index (χ2n) is 12.3. The largest absolute Gasteiger partial charge is 0.480 e. The van der Waals surface area contributed by atoms with Crippen LogP contribution in [0, 0.1) is 0 Å². The molecule has 0 rings (SSSR count). The molecule has 0 saturated heterocycles. The van der Waals surface area contributed by atoms with Gasteiger partial charge in [0.05, 0.1) is 13.2 Å². The first kappa shape index (κ1) is 46.7. The fourth-order valence-corrected chi connectivity index (χ4v) is 5.37. The lowest BCUT2D eigenvalue weighted by Gasteiger charge is -2.20. The zero-order chi connectivity index (χ0) is 36.4. The van der Waals surface area contributed by atoms with Gasteiger partial charge in [-0.15, -0.1) is 0 Å². The van der Waals surface area contributed by atoms with Crippen molar-refractivity contribution in [1.29, 1.82) is 0 Å². The summed E-state index contributed by atoms with van der Waals surface area (Å²) in [5.74, 6) is -2.41. The van der Waals surface area contributed by atoms with Crippen LogP contribution in [-0.4, -0.2) is 59.9 Å². The van der Waals surface area contributed by atoms with E-state index < -0.39 is 51.1 Å². The van der Waals surface area contributed by atoms with Crippen molar-refractivity contribution in [3.63, 3.8) is 0 Å². The Morgan fingerprint density at radius 1 is 0.633 bits per heavy atom. The topological polar surface area (TPSA) is 172 Å². The Bertz CT molecular complexity index is 984. The molecular formula is C37H66NO10P. The number of rotatable bonds is 34. The van der Waals surface area contributed by atoms with Gasteiger partial charge in [0, 0.05) is 12.8 Å². The number of unbranched alkanes of at least 4 members (excludes halogenated alkanes) is 14. The molecule has 4 N–H and O–H groups in total. The molecule has 0 bridgehead atoms. The predicted octanol–water partition coefficient (Wildman–Crippen LogP) is 8.89. The highest BCUT2D eigenvalue weighted by atomic mass is 31.2. The van der Waals surface area contributed by atoms with Crippen LogP contribution in [0.5, 0.6) is 0 Å². The van der Waals surface area contributed by atoms with Gasteiger partial charge in [-0.05, 0) is 57.8 Å². The Morgan fingerprint density at radius 3 is 1.61 bits per heavy atom. The van der Waals surface area contributed by atoms with Crippen molar-refractivity contribution in [2.75, 3.05) is 19.8 Å². The van der Waals surface area contributed by atoms with Crippen LogP contribution < -0.4 is 5.73 Å². The average Bonchev–Trinajstić information content (AvgIpc) is 3.07. The van der Waals surface area contributed by atoms with Crippen molar-refractivity contribution in [2.24, 2.45) is 5.73 Å². The number of nitrogens with two attached hydrogens (primary N) is 1. The second-order valence-corrected chi connectivity index (χ2v) is 13.8. The summed E-state index contributed by atoms with van der Waals surface area (Å²) in [6, 6.07) is -1.52. The van der Waals surface area contributed by atoms with Gasteiger partial charge in [0.25, 0.3) is 0 Å². The lowest BCUT2D eigenvalue weighted by molar-refractivity contribution is -0.161. The van der Waals surface area contributed by atoms with E-state index in [1.807, 2.05) is 0 Å². The standard InChI is InChI=1S/C37H66NO10P/c1-3-5-7-9-11-13-15-16-17-19-20-22-24-26-28-35(39)45-30-33(31-46-49(43,44)47-32-34(38)37(41)42)48-36(40)29-27-25-23-21-18-14-12-10-8-6-4-2/h9-12,15-16,33-34H,3-8,13-14,17-32,38H2,1-2H3,(H,41,42)(H,43,44)/b11-9-,12-10-,16-15-/t33-,34+/m1/s1. The van der Waals surface area contributed by atoms with Gasteiger partial charge in [0.15, 0.2) is 6.10 Å². The molecule has 0 aliphatic carbocycles. The Balaban J connectivity index is 4.49. The van der Waals surface area contributed by atoms with Crippen molar-refractivity contribution >= 4 is 25.7 Å². The Kier molecular flexibility index (Phi) is 31.3. The maximum Gasteiger partial charge on any atom is 0.472 e. The van der Waals surface area contributed by atoms with Crippen LogP contribution >= 0.6 is 7.82 Å². The van der Waals surface area contributed by atoms with Crippen LogP contribution in [0.15, 0.2) is 36.5 Å². The molecule has 0 aromatic carbocycles. The molecular weight excluding hydrogens is 649 g/mol. The highest BCUT2D eigenvalue weighted by Crippen LogP contribution is 2.43. The fraction of sp³-hybridized carbons (Fsp3) is 0.757. The quantitative estimate of drug-likeness (QED) is 0.0251. The first-order chi connectivity index (χ1) is 23.6. The lowest BCUT2D eigenvalue weighted by Crippen LogP contribution is -2.34. The van der Waals surface area contributed by atoms with E-state index in [-0.39, 0.29) is 19.4 Å². The summed E-state index contributed by atoms with van der Waals surface area (Å²) >= 11 is 0. The molecule has 0 amide bonds. The van der Waals surface area contributed by atoms with Crippen LogP contribution in [0.3, 0.4) is 0 Å². The van der Waals surface area contributed by atoms with E-state index in [0.717, 1.165) is 83.5 Å². The Labute approximate surface area is 295 Å². The number of carboxylic acid groups (broad SMARTS) is 1. The van der Waals surface area contributed by atoms with E-state index in [0.29, 0.717) is 12.8 Å². The third-order valence-corrected chi connectivity index (χ3v) is 8.56. The third-order valence-electron chi connectivity index (χ3n) is 7.61. The van der Waals surface area contributed by atoms with Gasteiger partial charge in [-0.3, -0.25) is 23.4 Å². The monoisotopic (exact) mass is 715 g/mol. The smallest absolute Gasteiger partial charge is 0.472 e. The molecule has 0 aromatic heterocycles. The number of allylic oxidation sites excluding steroid dienone is 6. The number of phosphoric ester groups is 1. The summed E-state index contributed by atoms with van der Waals surface area (Å²) in [7, 11) is -4.71. The molecule has 0 fully saturated rings. The van der Waals surface area contributed by atoms with Gasteiger partial charge < -0.3 is 25.2 Å². The van der Waals surface area contributed by atoms with E-state index in [1.165, 1.54) is 25.7 Å². The summed E-state index contributed by atoms with van der Waals surface area (Å²) in [6.45, 7) is 2.66. The van der Waals surface area contributed by atoms with Crippen LogP contribution in [0.25, 0.3) is 0 Å². The summed E-state index contributed by atoms with van der Waals surface area (Å²) in [5, 5.41) is 8.84. The Morgan fingerprint density at radius 2 is 1.08 bits per heavy atom. The maximum atomic E-state index is 12.5. The summed E-state index contributed by atoms with van der Waals surface area (Å²) in [4.78, 5) is 45.6. The number of carbonyl (C=O) groups excluding carboxylic acids is 2. The van der Waals surface area contributed by atoms with Crippen LogP contribution in [0.2, 0.25) is 0 Å². The maximum absolute atomic E-state index is 12.5. The van der Waals surface area contributed by atoms with Gasteiger partial charge in [-0.25, -0.2) is 4.57 Å². The van der Waals surface area contributed by atoms with E-state index in [1.54, 1.807) is 0 Å². The zero-order valence-electron chi connectivity index (χ0n) is 30.3. The number of carbonyl (C=O) groups is 3. The number of hydrogen-bond acceptors (Lipinski definition) is 9. The number of phosphoric acid groups is 1. The molecule has 0 heterocycles. The first-order valence-electron chi connectivity index (χ1n) is 18.5. The first-order valence-corrected chi connectivity index (χ1v) is 20.0. The third kappa shape index (κ3) is 32.7. The predicted molar refractivity (Wildman–Crippen MR) is 194 cm³/mol. The highest BCUT2D eigenvalue weighted by Gasteiger charge is 2.28. The van der Waals surface area contributed by atoms with E-state index in [2.05, 4.69) is 54.8 Å². The molecule has 12 heteroatoms. The second kappa shape index (κ2) is 32.9. The molecule has 0 spiro atoms. The molecule has 0 aromatic rings. The minimum atomic E-state index is -4.71. The van der Waals surface area contributed by atoms with Crippen LogP contribution in [0.4, 0.5) is 0 Å². The fourth-order valence-electron chi connectivity index (χ4n) is 4.59. The molecule has 0 saturated carbocycles. The molecule has 1 unspecified atom stereocenters. The van der Waals surface area contributed by atoms with Gasteiger partial charge in [0.1, 0.15) is 12.6 Å². The van der Waals surface area contributed by atoms with Crippen molar-refractivity contribution in [3.8, 4) is 0 Å². The minimum absolute atomic E-state index is 0.147. The minimum Gasteiger partial charge on any atom is -0.480 e. The normalized spacial score (nSPS) is 14.4. The SMILES string of the molecule is CCCC/C=C\C/C=C\CCCCCCCC(=O)OC[C@H](COP(=O)(O)OC[C@H](N)C(=O)O)OC(=O)CCCCCCC/C=C\CCCC. The summed E-state index contributed by atoms with van der Waals surface area (Å²) in [5.41, 5.74) is 5.31. The molecule has 0 radical (unpaired) electrons. The summed E-state index contributed by atoms with van der Waals surface area (Å²) in [6.07, 6.45) is 32.2. The molecule has 284 valence electrons. The van der Waals surface area contributed by atoms with Crippen molar-refractivity contribution in [1.82, 2.24) is 0 Å². The molecule has 0 aliphatic heterocycles. The van der Waals surface area contributed by atoms with Crippen molar-refractivity contribution in [3.05, 3.63) is 36.5 Å². The van der Waals surface area contributed by atoms with E-state index in [9.17, 15) is 23.8 Å². The van der Waals surface area contributed by atoms with Gasteiger partial charge in [0.2, 0.25) is 0 Å². The average molecular weight is 716 g/mol. The summed E-state index contributed by atoms with van der Waals surface area (Å²) < 4.78 is 32.5. The van der Waals surface area contributed by atoms with E-state index in [4.69, 9.17) is 24.8 Å². The number of ether oxygens (including phenoxy) is 2. The number of hydrogen-bond donors (Lipinski definition) is 3. The molecule has 0 aliphatic rings. The van der Waals surface area contributed by atoms with Gasteiger partial charge in [-0.1, -0.05) is 115 Å². The van der Waals surface area contributed by atoms with Crippen LogP contribution in [-0.2, 0) is 37.5 Å². The Hall–Kier alpha value is -2.30. The van der Waals surface area contributed by atoms with Crippen LogP contribution in [0.1, 0.15) is 149 Å². The van der Waals surface area contributed by atoms with Crippen molar-refractivity contribution < 1.29 is 47.5 Å². The number of aliphatic carboxylic acids is 1. The number of esters is 2. The molecule has 49 heavy (non-hydrogen) atoms. The van der Waals surface area contributed by atoms with Gasteiger partial charge in [-0.2, -0.15) is 0 Å². The molecule has 11 nitrogen and oxygen atoms in total. The number of carboxylic acids is 1. The highest BCUT2D eigenvalue weighted by molar-refractivity contribution is 7.47. The van der Waals surface area contributed by atoms with Crippen molar-refractivity contribution in [2.45, 2.75) is 161 Å².